The minimum Gasteiger partial charge on any atom is -0.543 e. The molecule has 2 aromatic rings. The van der Waals surface area contributed by atoms with Gasteiger partial charge in [0.1, 0.15) is 5.75 Å². The topological polar surface area (TPSA) is 53.0 Å². The van der Waals surface area contributed by atoms with E-state index in [1.54, 1.807) is 5.38 Å². The Morgan fingerprint density at radius 1 is 1.26 bits per heavy atom. The van der Waals surface area contributed by atoms with E-state index in [0.29, 0.717) is 17.6 Å². The molecule has 7 heteroatoms. The second-order valence-corrected chi connectivity index (χ2v) is 16.7. The van der Waals surface area contributed by atoms with Crippen LogP contribution >= 0.6 is 11.3 Å². The number of carboxylic acids is 1. The summed E-state index contributed by atoms with van der Waals surface area (Å²) in [7, 11) is -1.98. The molecule has 3 atom stereocenters. The highest BCUT2D eigenvalue weighted by Crippen LogP contribution is 2.40. The lowest BCUT2D eigenvalue weighted by Crippen LogP contribution is -2.57. The van der Waals surface area contributed by atoms with Gasteiger partial charge >= 0.3 is 5.97 Å². The van der Waals surface area contributed by atoms with Crippen molar-refractivity contribution in [3.63, 3.8) is 0 Å². The van der Waals surface area contributed by atoms with Gasteiger partial charge in [0, 0.05) is 42.0 Å². The standard InChI is InChI=1S/C27H40N2O3SSi/c1-9-13-28-16-20(3)29(17-19(28)2)25(24-15-22(18-33-24)26(30)31)21-11-10-12-23(14-21)32-34(7,8)27(4,5)6/h9-12,14-15,18-20,25H,1,13,16-17H2,2-8H3,(H,30,31)/t19-,20+,25-/m1/s1. The molecular formula is C27H40N2O3SSi. The number of nitrogens with zero attached hydrogens (tertiary/aromatic N) is 2. The Morgan fingerprint density at radius 3 is 2.56 bits per heavy atom. The van der Waals surface area contributed by atoms with Gasteiger partial charge in [0.2, 0.25) is 8.32 Å². The summed E-state index contributed by atoms with van der Waals surface area (Å²) in [4.78, 5) is 17.7. The van der Waals surface area contributed by atoms with Crippen molar-refractivity contribution in [2.45, 2.75) is 70.9 Å². The molecule has 1 aromatic heterocycles. The first-order chi connectivity index (χ1) is 15.8. The Balaban J connectivity index is 2.01. The van der Waals surface area contributed by atoms with Gasteiger partial charge in [-0.1, -0.05) is 39.0 Å². The second-order valence-electron chi connectivity index (χ2n) is 11.0. The van der Waals surface area contributed by atoms with Crippen molar-refractivity contribution >= 4 is 25.6 Å². The Bertz CT molecular complexity index is 1010. The minimum atomic E-state index is -1.98. The van der Waals surface area contributed by atoms with Gasteiger partial charge < -0.3 is 9.53 Å². The molecule has 1 N–H and O–H groups in total. The number of carboxylic acid groups (broad SMARTS) is 1. The van der Waals surface area contributed by atoms with Gasteiger partial charge in [-0.15, -0.1) is 17.9 Å². The van der Waals surface area contributed by atoms with Crippen LogP contribution in [0.1, 0.15) is 61.5 Å². The van der Waals surface area contributed by atoms with E-state index < -0.39 is 14.3 Å². The van der Waals surface area contributed by atoms with Crippen molar-refractivity contribution in [1.29, 1.82) is 0 Å². The van der Waals surface area contributed by atoms with Gasteiger partial charge in [-0.3, -0.25) is 9.80 Å². The highest BCUT2D eigenvalue weighted by atomic mass is 32.1. The highest BCUT2D eigenvalue weighted by molar-refractivity contribution is 7.10. The molecule has 0 spiro atoms. The summed E-state index contributed by atoms with van der Waals surface area (Å²) < 4.78 is 6.63. The number of piperazine rings is 1. The fourth-order valence-corrected chi connectivity index (χ4v) is 6.38. The monoisotopic (exact) mass is 500 g/mol. The number of thiophene rings is 1. The number of hydrogen-bond acceptors (Lipinski definition) is 5. The minimum absolute atomic E-state index is 0.0237. The van der Waals surface area contributed by atoms with E-state index in [4.69, 9.17) is 4.43 Å². The van der Waals surface area contributed by atoms with Crippen LogP contribution in [0.5, 0.6) is 5.75 Å². The zero-order valence-electron chi connectivity index (χ0n) is 21.7. The average Bonchev–Trinajstić information content (AvgIpc) is 3.21. The molecule has 1 aliphatic rings. The molecule has 0 unspecified atom stereocenters. The quantitative estimate of drug-likeness (QED) is 0.331. The number of aromatic carboxylic acids is 1. The third kappa shape index (κ3) is 5.82. The SMILES string of the molecule is C=CCN1C[C@H](C)N([C@H](c2cccc(O[Si](C)(C)C(C)(C)C)c2)c2cc(C(=O)O)cs2)C[C@H]1C. The Labute approximate surface area is 210 Å². The summed E-state index contributed by atoms with van der Waals surface area (Å²) in [6.07, 6.45) is 1.97. The summed E-state index contributed by atoms with van der Waals surface area (Å²) >= 11 is 1.53. The zero-order chi connectivity index (χ0) is 25.3. The summed E-state index contributed by atoms with van der Waals surface area (Å²) in [5, 5.41) is 11.4. The van der Waals surface area contributed by atoms with Crippen molar-refractivity contribution in [3.8, 4) is 5.75 Å². The Morgan fingerprint density at radius 2 is 1.97 bits per heavy atom. The Kier molecular flexibility index (Phi) is 8.13. The van der Waals surface area contributed by atoms with Crippen LogP contribution in [0.25, 0.3) is 0 Å². The van der Waals surface area contributed by atoms with E-state index in [1.165, 1.54) is 11.3 Å². The molecule has 5 nitrogen and oxygen atoms in total. The normalized spacial score (nSPS) is 21.3. The molecule has 3 rings (SSSR count). The maximum atomic E-state index is 11.6. The van der Waals surface area contributed by atoms with E-state index in [9.17, 15) is 9.90 Å². The van der Waals surface area contributed by atoms with Crippen LogP contribution in [-0.4, -0.2) is 60.9 Å². The van der Waals surface area contributed by atoms with E-state index >= 15 is 0 Å². The lowest BCUT2D eigenvalue weighted by atomic mass is 9.97. The molecule has 0 saturated carbocycles. The van der Waals surface area contributed by atoms with Crippen LogP contribution in [0.4, 0.5) is 0 Å². The molecular weight excluding hydrogens is 460 g/mol. The smallest absolute Gasteiger partial charge is 0.336 e. The molecule has 34 heavy (non-hydrogen) atoms. The number of rotatable bonds is 8. The van der Waals surface area contributed by atoms with E-state index in [-0.39, 0.29) is 11.1 Å². The van der Waals surface area contributed by atoms with Crippen molar-refractivity contribution in [3.05, 3.63) is 64.4 Å². The molecule has 0 radical (unpaired) electrons. The summed E-state index contributed by atoms with van der Waals surface area (Å²) in [5.74, 6) is 0.0172. The fourth-order valence-electron chi connectivity index (χ4n) is 4.33. The van der Waals surface area contributed by atoms with Gasteiger partial charge in [-0.25, -0.2) is 4.79 Å². The van der Waals surface area contributed by atoms with Gasteiger partial charge in [0.15, 0.2) is 0 Å². The van der Waals surface area contributed by atoms with Crippen molar-refractivity contribution in [2.24, 2.45) is 0 Å². The van der Waals surface area contributed by atoms with E-state index in [2.05, 4.69) is 82.3 Å². The first-order valence-corrected chi connectivity index (χ1v) is 15.8. The van der Waals surface area contributed by atoms with Crippen LogP contribution in [-0.2, 0) is 0 Å². The molecule has 0 bridgehead atoms. The highest BCUT2D eigenvalue weighted by Gasteiger charge is 2.39. The molecule has 1 saturated heterocycles. The number of benzene rings is 1. The lowest BCUT2D eigenvalue weighted by molar-refractivity contribution is 0.0314. The van der Waals surface area contributed by atoms with Crippen molar-refractivity contribution < 1.29 is 14.3 Å². The van der Waals surface area contributed by atoms with Gasteiger partial charge in [0.25, 0.3) is 0 Å². The lowest BCUT2D eigenvalue weighted by Gasteiger charge is -2.47. The molecule has 0 aliphatic carbocycles. The summed E-state index contributed by atoms with van der Waals surface area (Å²) in [6.45, 7) is 22.4. The maximum Gasteiger partial charge on any atom is 0.336 e. The van der Waals surface area contributed by atoms with E-state index in [0.717, 1.165) is 35.8 Å². The number of carbonyl (C=O) groups is 1. The van der Waals surface area contributed by atoms with Crippen LogP contribution in [0.2, 0.25) is 18.1 Å². The molecule has 186 valence electrons. The Hall–Kier alpha value is -1.93. The van der Waals surface area contributed by atoms with Gasteiger partial charge in [-0.2, -0.15) is 0 Å². The second kappa shape index (κ2) is 10.4. The molecule has 1 fully saturated rings. The zero-order valence-corrected chi connectivity index (χ0v) is 23.5. The van der Waals surface area contributed by atoms with Crippen molar-refractivity contribution in [2.75, 3.05) is 19.6 Å². The number of hydrogen-bond donors (Lipinski definition) is 1. The predicted octanol–water partition coefficient (Wildman–Crippen LogP) is 6.50. The fraction of sp³-hybridized carbons (Fsp3) is 0.519. The third-order valence-electron chi connectivity index (χ3n) is 7.35. The third-order valence-corrected chi connectivity index (χ3v) is 12.7. The summed E-state index contributed by atoms with van der Waals surface area (Å²) in [5.41, 5.74) is 1.50. The van der Waals surface area contributed by atoms with Gasteiger partial charge in [0.05, 0.1) is 11.6 Å². The molecule has 1 aromatic carbocycles. The van der Waals surface area contributed by atoms with Crippen LogP contribution in [0, 0.1) is 0 Å². The summed E-state index contributed by atoms with van der Waals surface area (Å²) in [6, 6.07) is 10.9. The van der Waals surface area contributed by atoms with Crippen LogP contribution in [0.3, 0.4) is 0 Å². The predicted molar refractivity (Wildman–Crippen MR) is 145 cm³/mol. The molecule has 1 aliphatic heterocycles. The molecule has 0 amide bonds. The van der Waals surface area contributed by atoms with Crippen LogP contribution in [0.15, 0.2) is 48.4 Å². The van der Waals surface area contributed by atoms with E-state index in [1.807, 2.05) is 18.2 Å². The largest absolute Gasteiger partial charge is 0.543 e. The first kappa shape index (κ1) is 26.7. The maximum absolute atomic E-state index is 11.6. The average molecular weight is 501 g/mol. The molecule has 2 heterocycles. The van der Waals surface area contributed by atoms with Crippen molar-refractivity contribution in [1.82, 2.24) is 9.80 Å². The first-order valence-electron chi connectivity index (χ1n) is 12.1. The van der Waals surface area contributed by atoms with Gasteiger partial charge in [-0.05, 0) is 55.7 Å². The van der Waals surface area contributed by atoms with Crippen LogP contribution < -0.4 is 4.43 Å².